The van der Waals surface area contributed by atoms with Crippen LogP contribution in [0.1, 0.15) is 26.9 Å². The number of carbonyl (C=O) groups excluding carboxylic acids is 1. The molecule has 0 spiro atoms. The second-order valence-electron chi connectivity index (χ2n) is 7.59. The zero-order valence-electron chi connectivity index (χ0n) is 17.8. The molecule has 0 unspecified atom stereocenters. The van der Waals surface area contributed by atoms with Crippen LogP contribution in [0.15, 0.2) is 42.6 Å². The number of nitrogens with zero attached hydrogens (tertiary/aromatic N) is 3. The van der Waals surface area contributed by atoms with Gasteiger partial charge in [0, 0.05) is 50.4 Å². The lowest BCUT2D eigenvalue weighted by atomic mass is 10.0. The molecule has 3 heterocycles. The molecule has 1 aliphatic rings. The summed E-state index contributed by atoms with van der Waals surface area (Å²) >= 11 is 1.39. The second-order valence-corrected chi connectivity index (χ2v) is 8.59. The fourth-order valence-corrected chi connectivity index (χ4v) is 5.05. The molecule has 0 saturated carbocycles. The van der Waals surface area contributed by atoms with Gasteiger partial charge in [0.1, 0.15) is 15.5 Å². The van der Waals surface area contributed by atoms with E-state index in [-0.39, 0.29) is 25.2 Å². The first-order valence-electron chi connectivity index (χ1n) is 10.3. The van der Waals surface area contributed by atoms with E-state index in [1.165, 1.54) is 16.9 Å². The van der Waals surface area contributed by atoms with Crippen molar-refractivity contribution < 1.29 is 19.4 Å². The van der Waals surface area contributed by atoms with E-state index in [4.69, 9.17) is 9.47 Å². The van der Waals surface area contributed by atoms with E-state index in [1.54, 1.807) is 25.3 Å². The minimum absolute atomic E-state index is 0.0731. The summed E-state index contributed by atoms with van der Waals surface area (Å²) in [6.07, 6.45) is 1.53. The quantitative estimate of drug-likeness (QED) is 0.608. The van der Waals surface area contributed by atoms with E-state index in [1.807, 2.05) is 24.3 Å². The number of fused-ring (bicyclic) bond motifs is 1. The molecule has 164 valence electrons. The van der Waals surface area contributed by atoms with Crippen LogP contribution in [0.25, 0.3) is 10.2 Å². The molecular weight excluding hydrogens is 414 g/mol. The van der Waals surface area contributed by atoms with Crippen molar-refractivity contribution in [3.8, 4) is 5.75 Å². The average molecular weight is 442 g/mol. The van der Waals surface area contributed by atoms with Gasteiger partial charge < -0.3 is 19.5 Å². The number of hydrogen-bond donors (Lipinski definition) is 1. The molecular formula is C23H27N3O4S. The van der Waals surface area contributed by atoms with E-state index in [0.717, 1.165) is 34.6 Å². The molecule has 31 heavy (non-hydrogen) atoms. The Labute approximate surface area is 185 Å². The van der Waals surface area contributed by atoms with Crippen molar-refractivity contribution in [3.05, 3.63) is 58.6 Å². The number of rotatable bonds is 7. The van der Waals surface area contributed by atoms with Gasteiger partial charge in [-0.25, -0.2) is 4.98 Å². The third-order valence-electron chi connectivity index (χ3n) is 5.52. The SMILES string of the molecule is COc1ccc(CN2CCO[C@@H](c3c(C(=O)N(C)CCO)sc4ncccc34)C2)cc1. The summed E-state index contributed by atoms with van der Waals surface area (Å²) in [5, 5.41) is 10.2. The molecule has 1 aliphatic heterocycles. The van der Waals surface area contributed by atoms with Crippen molar-refractivity contribution in [2.45, 2.75) is 12.6 Å². The molecule has 1 aromatic carbocycles. The van der Waals surface area contributed by atoms with Crippen LogP contribution in [0.5, 0.6) is 5.75 Å². The fraction of sp³-hybridized carbons (Fsp3) is 0.391. The number of morpholine rings is 1. The number of aromatic nitrogens is 1. The number of aliphatic hydroxyl groups is 1. The largest absolute Gasteiger partial charge is 0.497 e. The monoisotopic (exact) mass is 441 g/mol. The minimum atomic E-state index is -0.216. The van der Waals surface area contributed by atoms with E-state index < -0.39 is 0 Å². The van der Waals surface area contributed by atoms with E-state index in [9.17, 15) is 9.90 Å². The van der Waals surface area contributed by atoms with Crippen LogP contribution in [0.3, 0.4) is 0 Å². The molecule has 0 aliphatic carbocycles. The Morgan fingerprint density at radius 1 is 1.35 bits per heavy atom. The molecule has 0 bridgehead atoms. The van der Waals surface area contributed by atoms with Crippen LogP contribution in [-0.4, -0.2) is 72.8 Å². The van der Waals surface area contributed by atoms with E-state index in [2.05, 4.69) is 22.0 Å². The van der Waals surface area contributed by atoms with Gasteiger partial charge in [-0.2, -0.15) is 0 Å². The molecule has 3 aromatic rings. The normalized spacial score (nSPS) is 17.1. The Bertz CT molecular complexity index is 1040. The Hall–Kier alpha value is -2.52. The first kappa shape index (κ1) is 21.7. The molecule has 1 N–H and O–H groups in total. The zero-order valence-corrected chi connectivity index (χ0v) is 18.6. The topological polar surface area (TPSA) is 75.1 Å². The number of pyridine rings is 1. The number of likely N-dealkylation sites (N-methyl/N-ethyl adjacent to an activating group) is 1. The molecule has 7 nitrogen and oxygen atoms in total. The van der Waals surface area contributed by atoms with Gasteiger partial charge >= 0.3 is 0 Å². The third-order valence-corrected chi connectivity index (χ3v) is 6.64. The van der Waals surface area contributed by atoms with Gasteiger partial charge in [0.2, 0.25) is 0 Å². The minimum Gasteiger partial charge on any atom is -0.497 e. The Kier molecular flexibility index (Phi) is 6.82. The number of hydrogen-bond acceptors (Lipinski definition) is 7. The van der Waals surface area contributed by atoms with E-state index >= 15 is 0 Å². The Balaban J connectivity index is 1.60. The van der Waals surface area contributed by atoms with Crippen LogP contribution in [0.4, 0.5) is 0 Å². The predicted octanol–water partition coefficient (Wildman–Crippen LogP) is 2.94. The van der Waals surface area contributed by atoms with Crippen LogP contribution in [0, 0.1) is 0 Å². The second kappa shape index (κ2) is 9.74. The Morgan fingerprint density at radius 3 is 2.90 bits per heavy atom. The maximum Gasteiger partial charge on any atom is 0.264 e. The number of carbonyl (C=O) groups is 1. The average Bonchev–Trinajstić information content (AvgIpc) is 3.19. The van der Waals surface area contributed by atoms with Crippen molar-refractivity contribution in [1.29, 1.82) is 0 Å². The highest BCUT2D eigenvalue weighted by atomic mass is 32.1. The number of ether oxygens (including phenoxy) is 2. The number of thiophene rings is 1. The highest BCUT2D eigenvalue weighted by Gasteiger charge is 2.31. The lowest BCUT2D eigenvalue weighted by molar-refractivity contribution is -0.0324. The van der Waals surface area contributed by atoms with Crippen molar-refractivity contribution in [2.75, 3.05) is 47.0 Å². The fourth-order valence-electron chi connectivity index (χ4n) is 3.86. The van der Waals surface area contributed by atoms with Gasteiger partial charge in [-0.05, 0) is 23.8 Å². The molecule has 1 atom stereocenters. The van der Waals surface area contributed by atoms with Crippen LogP contribution < -0.4 is 4.74 Å². The summed E-state index contributed by atoms with van der Waals surface area (Å²) in [5.74, 6) is 0.735. The van der Waals surface area contributed by atoms with Crippen molar-refractivity contribution >= 4 is 27.5 Å². The van der Waals surface area contributed by atoms with Crippen LogP contribution >= 0.6 is 11.3 Å². The predicted molar refractivity (Wildman–Crippen MR) is 121 cm³/mol. The van der Waals surface area contributed by atoms with Gasteiger partial charge in [-0.3, -0.25) is 9.69 Å². The first-order valence-corrected chi connectivity index (χ1v) is 11.1. The van der Waals surface area contributed by atoms with Gasteiger partial charge in [0.15, 0.2) is 0 Å². The molecule has 2 aromatic heterocycles. The van der Waals surface area contributed by atoms with Gasteiger partial charge in [-0.1, -0.05) is 18.2 Å². The molecule has 8 heteroatoms. The summed E-state index contributed by atoms with van der Waals surface area (Å²) in [5.41, 5.74) is 2.11. The molecule has 4 rings (SSSR count). The summed E-state index contributed by atoms with van der Waals surface area (Å²) in [6.45, 7) is 3.13. The van der Waals surface area contributed by atoms with Crippen molar-refractivity contribution in [2.24, 2.45) is 0 Å². The standard InChI is InChI=1S/C23H27N3O4S/c1-25(10-12-27)23(28)21-20(18-4-3-9-24-22(18)31-21)19-15-26(11-13-30-19)14-16-5-7-17(29-2)8-6-16/h3-9,19,27H,10-15H2,1-2H3/t19-/m1/s1. The Morgan fingerprint density at radius 2 is 2.16 bits per heavy atom. The third kappa shape index (κ3) is 4.72. The van der Waals surface area contributed by atoms with Crippen LogP contribution in [0.2, 0.25) is 0 Å². The number of amides is 1. The van der Waals surface area contributed by atoms with Gasteiger partial charge in [-0.15, -0.1) is 11.3 Å². The first-order chi connectivity index (χ1) is 15.1. The summed E-state index contributed by atoms with van der Waals surface area (Å²) < 4.78 is 11.4. The highest BCUT2D eigenvalue weighted by Crippen LogP contribution is 2.38. The van der Waals surface area contributed by atoms with E-state index in [0.29, 0.717) is 18.0 Å². The van der Waals surface area contributed by atoms with Gasteiger partial charge in [0.25, 0.3) is 5.91 Å². The summed E-state index contributed by atoms with van der Waals surface area (Å²) in [4.78, 5) is 22.9. The maximum atomic E-state index is 13.1. The maximum absolute atomic E-state index is 13.1. The van der Waals surface area contributed by atoms with Crippen LogP contribution in [-0.2, 0) is 11.3 Å². The lowest BCUT2D eigenvalue weighted by Crippen LogP contribution is -2.38. The smallest absolute Gasteiger partial charge is 0.264 e. The molecule has 1 fully saturated rings. The highest BCUT2D eigenvalue weighted by molar-refractivity contribution is 7.20. The van der Waals surface area contributed by atoms with Gasteiger partial charge in [0.05, 0.1) is 26.4 Å². The number of benzene rings is 1. The zero-order chi connectivity index (χ0) is 21.8. The molecule has 1 saturated heterocycles. The van der Waals surface area contributed by atoms with Crippen molar-refractivity contribution in [1.82, 2.24) is 14.8 Å². The molecule has 1 amide bonds. The summed E-state index contributed by atoms with van der Waals surface area (Å²) in [6, 6.07) is 12.0. The van der Waals surface area contributed by atoms with Crippen molar-refractivity contribution in [3.63, 3.8) is 0 Å². The molecule has 0 radical (unpaired) electrons. The summed E-state index contributed by atoms with van der Waals surface area (Å²) in [7, 11) is 3.37. The number of aliphatic hydroxyl groups excluding tert-OH is 1. The number of methoxy groups -OCH3 is 1. The lowest BCUT2D eigenvalue weighted by Gasteiger charge is -2.33.